The van der Waals surface area contributed by atoms with E-state index in [0.29, 0.717) is 19.1 Å². The number of piperidine rings is 1. The second kappa shape index (κ2) is 8.43. The molecule has 0 N–H and O–H groups in total. The third-order valence-corrected chi connectivity index (χ3v) is 4.81. The molecular formula is C16H28N4O4. The fourth-order valence-corrected chi connectivity index (χ4v) is 3.07. The highest BCUT2D eigenvalue weighted by molar-refractivity contribution is 6.32. The summed E-state index contributed by atoms with van der Waals surface area (Å²) in [5.74, 6) is -1.92. The molecule has 0 aliphatic carbocycles. The summed E-state index contributed by atoms with van der Waals surface area (Å²) in [4.78, 5) is 43.0. The van der Waals surface area contributed by atoms with Crippen LogP contribution in [0.3, 0.4) is 0 Å². The lowest BCUT2D eigenvalue weighted by Crippen LogP contribution is -2.53. The van der Waals surface area contributed by atoms with Crippen LogP contribution in [0.5, 0.6) is 0 Å². The molecule has 2 rings (SSSR count). The Labute approximate surface area is 143 Å². The number of esters is 1. The number of likely N-dealkylation sites (tertiary alicyclic amines) is 1. The fourth-order valence-electron chi connectivity index (χ4n) is 3.07. The van der Waals surface area contributed by atoms with E-state index in [9.17, 15) is 14.4 Å². The van der Waals surface area contributed by atoms with E-state index in [4.69, 9.17) is 4.74 Å². The molecule has 0 unspecified atom stereocenters. The predicted octanol–water partition coefficient (Wildman–Crippen LogP) is -1.14. The highest BCUT2D eigenvalue weighted by atomic mass is 16.5. The molecule has 2 fully saturated rings. The van der Waals surface area contributed by atoms with Gasteiger partial charge >= 0.3 is 11.9 Å². The first-order chi connectivity index (χ1) is 11.4. The van der Waals surface area contributed by atoms with E-state index >= 15 is 0 Å². The summed E-state index contributed by atoms with van der Waals surface area (Å²) in [6.07, 6.45) is 1.75. The number of ether oxygens (including phenoxy) is 1. The molecule has 0 radical (unpaired) electrons. The number of likely N-dealkylation sites (N-methyl/N-ethyl adjacent to an activating group) is 2. The van der Waals surface area contributed by atoms with Crippen LogP contribution in [-0.4, -0.2) is 110 Å². The highest BCUT2D eigenvalue weighted by Gasteiger charge is 2.31. The molecule has 136 valence electrons. The van der Waals surface area contributed by atoms with Gasteiger partial charge in [0.15, 0.2) is 6.61 Å². The molecule has 2 aliphatic heterocycles. The number of hydrogen-bond acceptors (Lipinski definition) is 6. The Bertz CT molecular complexity index is 467. The Morgan fingerprint density at radius 2 is 1.58 bits per heavy atom. The fraction of sp³-hybridized carbons (Fsp3) is 0.812. The zero-order valence-electron chi connectivity index (χ0n) is 14.9. The van der Waals surface area contributed by atoms with Gasteiger partial charge in [0.05, 0.1) is 0 Å². The average Bonchev–Trinajstić information content (AvgIpc) is 2.59. The first-order valence-corrected chi connectivity index (χ1v) is 8.47. The van der Waals surface area contributed by atoms with Crippen molar-refractivity contribution in [1.82, 2.24) is 19.6 Å². The maximum Gasteiger partial charge on any atom is 0.397 e. The van der Waals surface area contributed by atoms with Crippen LogP contribution in [0, 0.1) is 0 Å². The molecular weight excluding hydrogens is 312 g/mol. The third kappa shape index (κ3) is 4.91. The SMILES string of the molecule is CN1CCN(C2CCN(C(=O)C(=O)OCC(=O)N(C)C)CC2)CC1. The van der Waals surface area contributed by atoms with Gasteiger partial charge in [-0.3, -0.25) is 14.5 Å². The number of carbonyl (C=O) groups excluding carboxylic acids is 3. The molecule has 0 saturated carbocycles. The van der Waals surface area contributed by atoms with Crippen molar-refractivity contribution in [2.24, 2.45) is 0 Å². The van der Waals surface area contributed by atoms with Crippen molar-refractivity contribution in [2.75, 3.05) is 67.0 Å². The van der Waals surface area contributed by atoms with Gasteiger partial charge in [0.1, 0.15) is 0 Å². The predicted molar refractivity (Wildman–Crippen MR) is 88.3 cm³/mol. The lowest BCUT2D eigenvalue weighted by Gasteiger charge is -2.41. The zero-order chi connectivity index (χ0) is 17.7. The molecule has 2 saturated heterocycles. The Morgan fingerprint density at radius 3 is 2.12 bits per heavy atom. The minimum absolute atomic E-state index is 0.343. The van der Waals surface area contributed by atoms with Gasteiger partial charge in [0.25, 0.3) is 5.91 Å². The van der Waals surface area contributed by atoms with E-state index < -0.39 is 18.5 Å². The second-order valence-corrected chi connectivity index (χ2v) is 6.73. The van der Waals surface area contributed by atoms with Crippen LogP contribution in [0.1, 0.15) is 12.8 Å². The molecule has 2 heterocycles. The normalized spacial score (nSPS) is 20.7. The van der Waals surface area contributed by atoms with Crippen LogP contribution < -0.4 is 0 Å². The molecule has 0 aromatic rings. The standard InChI is InChI=1S/C16H28N4O4/c1-17(2)14(21)12-24-16(23)15(22)20-6-4-13(5-7-20)19-10-8-18(3)9-11-19/h13H,4-12H2,1-3H3. The summed E-state index contributed by atoms with van der Waals surface area (Å²) in [6, 6.07) is 0.481. The lowest BCUT2D eigenvalue weighted by molar-refractivity contribution is -0.163. The number of carbonyl (C=O) groups is 3. The van der Waals surface area contributed by atoms with Gasteiger partial charge in [-0.15, -0.1) is 0 Å². The molecule has 2 amide bonds. The second-order valence-electron chi connectivity index (χ2n) is 6.73. The van der Waals surface area contributed by atoms with E-state index in [-0.39, 0.29) is 5.91 Å². The first kappa shape index (κ1) is 18.7. The van der Waals surface area contributed by atoms with Crippen molar-refractivity contribution in [3.8, 4) is 0 Å². The van der Waals surface area contributed by atoms with Crippen molar-refractivity contribution in [2.45, 2.75) is 18.9 Å². The first-order valence-electron chi connectivity index (χ1n) is 8.47. The van der Waals surface area contributed by atoms with E-state index in [1.54, 1.807) is 14.1 Å². The Morgan fingerprint density at radius 1 is 1.00 bits per heavy atom. The molecule has 0 bridgehead atoms. The van der Waals surface area contributed by atoms with Crippen LogP contribution in [0.25, 0.3) is 0 Å². The minimum atomic E-state index is -0.941. The maximum absolute atomic E-state index is 12.1. The maximum atomic E-state index is 12.1. The molecule has 0 spiro atoms. The lowest BCUT2D eigenvalue weighted by atomic mass is 10.0. The number of piperazine rings is 1. The van der Waals surface area contributed by atoms with Crippen LogP contribution >= 0.6 is 0 Å². The van der Waals surface area contributed by atoms with Gasteiger partial charge in [-0.25, -0.2) is 4.79 Å². The van der Waals surface area contributed by atoms with E-state index in [0.717, 1.165) is 39.0 Å². The summed E-state index contributed by atoms with van der Waals surface area (Å²) in [7, 11) is 5.27. The Hall–Kier alpha value is -1.67. The summed E-state index contributed by atoms with van der Waals surface area (Å²) in [6.45, 7) is 5.00. The van der Waals surface area contributed by atoms with Crippen molar-refractivity contribution < 1.29 is 19.1 Å². The van der Waals surface area contributed by atoms with Gasteiger partial charge < -0.3 is 19.4 Å². The number of rotatable bonds is 3. The van der Waals surface area contributed by atoms with Gasteiger partial charge in [0, 0.05) is 59.4 Å². The highest BCUT2D eigenvalue weighted by Crippen LogP contribution is 2.18. The van der Waals surface area contributed by atoms with Crippen molar-refractivity contribution in [1.29, 1.82) is 0 Å². The Kier molecular flexibility index (Phi) is 6.56. The third-order valence-electron chi connectivity index (χ3n) is 4.81. The summed E-state index contributed by atoms with van der Waals surface area (Å²) >= 11 is 0. The van der Waals surface area contributed by atoms with Crippen molar-refractivity contribution in [3.63, 3.8) is 0 Å². The van der Waals surface area contributed by atoms with Gasteiger partial charge in [0.2, 0.25) is 0 Å². The molecule has 2 aliphatic rings. The molecule has 8 nitrogen and oxygen atoms in total. The van der Waals surface area contributed by atoms with Crippen molar-refractivity contribution >= 4 is 17.8 Å². The molecule has 0 atom stereocenters. The molecule has 24 heavy (non-hydrogen) atoms. The molecule has 8 heteroatoms. The van der Waals surface area contributed by atoms with Gasteiger partial charge in [-0.1, -0.05) is 0 Å². The largest absolute Gasteiger partial charge is 0.448 e. The van der Waals surface area contributed by atoms with Gasteiger partial charge in [-0.05, 0) is 19.9 Å². The van der Waals surface area contributed by atoms with Crippen LogP contribution in [0.2, 0.25) is 0 Å². The van der Waals surface area contributed by atoms with Gasteiger partial charge in [-0.2, -0.15) is 0 Å². The quantitative estimate of drug-likeness (QED) is 0.477. The zero-order valence-corrected chi connectivity index (χ0v) is 14.9. The Balaban J connectivity index is 1.74. The van der Waals surface area contributed by atoms with Crippen LogP contribution in [0.15, 0.2) is 0 Å². The smallest absolute Gasteiger partial charge is 0.397 e. The van der Waals surface area contributed by atoms with E-state index in [1.807, 2.05) is 0 Å². The number of nitrogens with zero attached hydrogens (tertiary/aromatic N) is 4. The van der Waals surface area contributed by atoms with Crippen molar-refractivity contribution in [3.05, 3.63) is 0 Å². The molecule has 0 aromatic heterocycles. The van der Waals surface area contributed by atoms with E-state index in [2.05, 4.69) is 16.8 Å². The monoisotopic (exact) mass is 340 g/mol. The van der Waals surface area contributed by atoms with Crippen LogP contribution in [0.4, 0.5) is 0 Å². The average molecular weight is 340 g/mol. The number of hydrogen-bond donors (Lipinski definition) is 0. The summed E-state index contributed by atoms with van der Waals surface area (Å²) in [5, 5.41) is 0. The summed E-state index contributed by atoms with van der Waals surface area (Å²) < 4.78 is 4.80. The summed E-state index contributed by atoms with van der Waals surface area (Å²) in [5.41, 5.74) is 0. The molecule has 0 aromatic carbocycles. The number of amides is 2. The topological polar surface area (TPSA) is 73.4 Å². The van der Waals surface area contributed by atoms with E-state index in [1.165, 1.54) is 9.80 Å². The van der Waals surface area contributed by atoms with Crippen LogP contribution in [-0.2, 0) is 19.1 Å². The minimum Gasteiger partial charge on any atom is -0.448 e.